The molecular formula is C98H156N28O24. The third kappa shape index (κ3) is 49.8. The van der Waals surface area contributed by atoms with Crippen LogP contribution in [-0.2, 0) is 115 Å². The van der Waals surface area contributed by atoms with E-state index in [2.05, 4.69) is 111 Å². The number of primary amides is 2. The summed E-state index contributed by atoms with van der Waals surface area (Å²) in [7, 11) is 1.39. The highest BCUT2D eigenvalue weighted by Gasteiger charge is 2.43. The van der Waals surface area contributed by atoms with Gasteiger partial charge in [-0.1, -0.05) is 139 Å². The standard InChI is InChI=1S/C56H98N16O16.C42H58N12O8/c1-3-4-20-40(52(82)58-2)64-53(83)41(21-18-19-27-72(34-50(78)79)35-51(80)81)65-55(85)43(31-39-32-59-38-62-39)67-54(84)42(24-25-45(57)74)66-56(86)44(36-73)63-48(76)33-61-49(77)37-88-30-29-87-28-26-60-47(75)23-17-15-13-11-9-7-5-6-8-10-12-14-16-22-46-68-70-71-69-46;43-28-15-16-35(56)47-17-7-6-13-30(36(44)57)50-39(60)33(20-25-22-49-29-12-5-4-11-27(25)29)52-37(58)31(14-8-18-48-42(45)46)51-38(59)32(19-24-9-2-1-3-10-24)53-40(61)34-21-26(55)23-54(34)41(28)62/h32,38,40-44,70-71,73H,3-31,33-37H2,1-2H3,(H2,57,74)(H,58,82)(H,59,62)(H,60,75)(H,61,77)(H,63,76)(H,64,83)(H,65,85)(H,66,86)(H,67,84)(H,68,69)(H,78,79)(H,80,81);1-5,9-12,22,26,28,30-34,49,55H,6-8,13-21,23,43H2,(H2,44,57)(H,47,56)(H,50,60)(H,51,59)(H,52,58)(H,53,61)(H4,45,46,48)/t;26-,28?,30?,31?,32-,33?,34?/m.1/s1. The van der Waals surface area contributed by atoms with Gasteiger partial charge in [0.1, 0.15) is 72.9 Å². The van der Waals surface area contributed by atoms with Gasteiger partial charge in [-0.3, -0.25) is 102 Å². The van der Waals surface area contributed by atoms with Crippen LogP contribution in [0.1, 0.15) is 223 Å². The number of carboxylic acids is 2. The van der Waals surface area contributed by atoms with Gasteiger partial charge in [0.15, 0.2) is 5.96 Å². The van der Waals surface area contributed by atoms with Crippen molar-refractivity contribution < 1.29 is 116 Å². The fraction of sp³-hybridized carbons (Fsp3) is 0.622. The largest absolute Gasteiger partial charge is 0.480 e. The number of hydrazone groups is 1. The van der Waals surface area contributed by atoms with Crippen LogP contribution in [-0.4, -0.2) is 328 Å². The number of likely N-dealkylation sites (N-methyl/N-ethyl adjacent to an activating group) is 1. The normalized spacial score (nSPS) is 18.4. The minimum atomic E-state index is -1.68. The Hall–Kier alpha value is -14.1. The number of amidine groups is 1. The quantitative estimate of drug-likeness (QED) is 0.0114. The molecule has 32 N–H and O–H groups in total. The van der Waals surface area contributed by atoms with Gasteiger partial charge < -0.3 is 143 Å². The highest BCUT2D eigenvalue weighted by molar-refractivity contribution is 6.00. The molecule has 2 saturated heterocycles. The minimum Gasteiger partial charge on any atom is -0.480 e. The number of hydrogen-bond donors (Lipinski definition) is 27. The number of nitrogens with two attached hydrogens (primary N) is 5. The van der Waals surface area contributed by atoms with E-state index in [1.165, 1.54) is 82.3 Å². The topological polar surface area (TPSA) is 805 Å². The van der Waals surface area contributed by atoms with E-state index in [0.717, 1.165) is 53.7 Å². The van der Waals surface area contributed by atoms with E-state index in [1.54, 1.807) is 36.5 Å². The zero-order valence-corrected chi connectivity index (χ0v) is 85.7. The van der Waals surface area contributed by atoms with E-state index in [9.17, 15) is 107 Å². The SMILES string of the molecule is CCCCC(NC(=O)C(CCCCN(CC(=O)O)CC(=O)O)NC(=O)C(Cc1cnc[nH]1)NC(=O)C(CCC(N)=O)NC(=O)C(CO)NC(=O)CNC(=O)COCCOCCNC(=O)CCCCCCCCCCCCCCCC1=NNNN1)C(=O)NC.NC(=O)C1CCCCNC(=O)CCC(N)C(=O)N2C[C@H](O)CC2C(=O)N[C@H](Cc2ccccc2)C(=O)NC(CCCN=C(N)N)C(=O)NC(Cc2c[nH]c3ccccc23)C(=O)N1. The van der Waals surface area contributed by atoms with Crippen molar-refractivity contribution in [3.05, 3.63) is 90.1 Å². The molecule has 52 nitrogen and oxygen atoms in total. The van der Waals surface area contributed by atoms with Gasteiger partial charge in [0.25, 0.3) is 0 Å². The summed E-state index contributed by atoms with van der Waals surface area (Å²) in [6.07, 6.45) is 21.4. The molecule has 0 bridgehead atoms. The number of nitrogens with one attached hydrogen (secondary N) is 18. The lowest BCUT2D eigenvalue weighted by Gasteiger charge is -2.29. The lowest BCUT2D eigenvalue weighted by Crippen LogP contribution is -2.60. The lowest BCUT2D eigenvalue weighted by molar-refractivity contribution is -0.142. The van der Waals surface area contributed by atoms with Crippen molar-refractivity contribution in [2.75, 3.05) is 92.4 Å². The molecule has 2 aromatic carbocycles. The van der Waals surface area contributed by atoms with Gasteiger partial charge >= 0.3 is 11.9 Å². The number of carboxylic acid groups (broad SMARTS) is 2. The molecule has 3 aliphatic heterocycles. The predicted molar refractivity (Wildman–Crippen MR) is 550 cm³/mol. The molecular weight excluding hydrogens is 1950 g/mol. The summed E-state index contributed by atoms with van der Waals surface area (Å²) in [6.45, 7) is -0.491. The van der Waals surface area contributed by atoms with Crippen LogP contribution in [0.15, 0.2) is 83.4 Å². The number of aromatic nitrogens is 3. The molecule has 3 aliphatic rings. The number of hydrazine groups is 2. The molecule has 52 heteroatoms. The summed E-state index contributed by atoms with van der Waals surface area (Å²) < 4.78 is 10.8. The van der Waals surface area contributed by atoms with E-state index >= 15 is 0 Å². The maximum atomic E-state index is 14.4. The number of H-pyrrole nitrogens is 2. The Kier molecular flexibility index (Phi) is 58.8. The minimum absolute atomic E-state index is 0.00199. The first-order valence-corrected chi connectivity index (χ1v) is 51.5. The van der Waals surface area contributed by atoms with Crippen molar-refractivity contribution in [1.29, 1.82) is 0 Å². The number of fused-ring (bicyclic) bond motifs is 2. The van der Waals surface area contributed by atoms with Crippen LogP contribution in [0.3, 0.4) is 0 Å². The summed E-state index contributed by atoms with van der Waals surface area (Å²) in [5.74, 6) is -13.4. The number of aromatic amines is 2. The van der Waals surface area contributed by atoms with Crippen molar-refractivity contribution in [2.45, 2.75) is 298 Å². The highest BCUT2D eigenvalue weighted by Crippen LogP contribution is 2.24. The number of guanidine groups is 1. The van der Waals surface area contributed by atoms with Crippen molar-refractivity contribution in [2.24, 2.45) is 38.8 Å². The number of aliphatic hydroxyl groups excluding tert-OH is 2. The maximum Gasteiger partial charge on any atom is 0.317 e. The zero-order chi connectivity index (χ0) is 109. The van der Waals surface area contributed by atoms with Gasteiger partial charge in [0.05, 0.1) is 64.5 Å². The van der Waals surface area contributed by atoms with E-state index in [0.29, 0.717) is 55.5 Å². The molecule has 2 fully saturated rings. The molecule has 832 valence electrons. The second-order valence-corrected chi connectivity index (χ2v) is 37.1. The Balaban J connectivity index is 0.000000484. The molecule has 0 radical (unpaired) electrons. The summed E-state index contributed by atoms with van der Waals surface area (Å²) in [4.78, 5) is 253. The average Bonchev–Trinajstić information content (AvgIpc) is 1.61. The van der Waals surface area contributed by atoms with Crippen LogP contribution >= 0.6 is 0 Å². The number of carbonyl (C=O) groups is 18. The van der Waals surface area contributed by atoms with Crippen molar-refractivity contribution in [3.63, 3.8) is 0 Å². The van der Waals surface area contributed by atoms with Gasteiger partial charge in [-0.05, 0) is 107 Å². The number of para-hydroxylation sites is 1. The number of nitrogens with zero attached hydrogens (tertiary/aromatic N) is 5. The first-order valence-electron chi connectivity index (χ1n) is 51.5. The van der Waals surface area contributed by atoms with Crippen LogP contribution in [0, 0.1) is 0 Å². The number of rotatable bonds is 63. The van der Waals surface area contributed by atoms with Gasteiger partial charge in [-0.15, -0.1) is 10.6 Å². The number of amides is 16. The number of aliphatic imine (C=N–C) groups is 1. The maximum absolute atomic E-state index is 14.4. The summed E-state index contributed by atoms with van der Waals surface area (Å²) in [6, 6.07) is 1.67. The van der Waals surface area contributed by atoms with Crippen molar-refractivity contribution in [1.82, 2.24) is 110 Å². The van der Waals surface area contributed by atoms with Gasteiger partial charge in [0, 0.05) is 114 Å². The Labute approximate surface area is 870 Å². The van der Waals surface area contributed by atoms with Gasteiger partial charge in [-0.25, -0.2) is 10.5 Å². The number of aliphatic carboxylic acids is 2. The van der Waals surface area contributed by atoms with Gasteiger partial charge in [0.2, 0.25) is 94.5 Å². The predicted octanol–water partition coefficient (Wildman–Crippen LogP) is -3.94. The highest BCUT2D eigenvalue weighted by atomic mass is 16.5. The Morgan fingerprint density at radius 3 is 1.83 bits per heavy atom. The number of carbonyl (C=O) groups excluding carboxylic acids is 16. The number of imidazole rings is 1. The first-order chi connectivity index (χ1) is 72.0. The molecule has 5 heterocycles. The van der Waals surface area contributed by atoms with E-state index in [1.807, 2.05) is 31.2 Å². The second-order valence-electron chi connectivity index (χ2n) is 37.1. The van der Waals surface area contributed by atoms with Crippen LogP contribution < -0.4 is 114 Å². The van der Waals surface area contributed by atoms with E-state index in [4.69, 9.17) is 38.1 Å². The van der Waals surface area contributed by atoms with E-state index in [-0.39, 0.29) is 147 Å². The lowest BCUT2D eigenvalue weighted by atomic mass is 10.0. The van der Waals surface area contributed by atoms with E-state index < -0.39 is 213 Å². The summed E-state index contributed by atoms with van der Waals surface area (Å²) in [5, 5.41) is 77.9. The molecule has 0 saturated carbocycles. The molecule has 4 aromatic rings. The third-order valence-corrected chi connectivity index (χ3v) is 24.9. The fourth-order valence-corrected chi connectivity index (χ4v) is 16.8. The molecule has 16 amide bonds. The van der Waals surface area contributed by atoms with Crippen LogP contribution in [0.25, 0.3) is 10.9 Å². The molecule has 7 rings (SSSR count). The smallest absolute Gasteiger partial charge is 0.317 e. The van der Waals surface area contributed by atoms with Crippen LogP contribution in [0.2, 0.25) is 0 Å². The monoisotopic (exact) mass is 2110 g/mol. The molecule has 0 aliphatic carbocycles. The Morgan fingerprint density at radius 2 is 1.20 bits per heavy atom. The third-order valence-electron chi connectivity index (χ3n) is 24.9. The second kappa shape index (κ2) is 70.8. The zero-order valence-electron chi connectivity index (χ0n) is 85.7. The Morgan fingerprint density at radius 1 is 0.600 bits per heavy atom. The molecule has 150 heavy (non-hydrogen) atoms. The van der Waals surface area contributed by atoms with Crippen LogP contribution in [0.4, 0.5) is 0 Å². The summed E-state index contributed by atoms with van der Waals surface area (Å²) in [5.41, 5.74) is 39.3. The molecule has 2 aromatic heterocycles. The first kappa shape index (κ1) is 125. The average molecular weight is 2110 g/mol. The Bertz CT molecular complexity index is 4980. The van der Waals surface area contributed by atoms with Gasteiger partial charge in [-0.2, -0.15) is 0 Å². The number of hydrogen-bond acceptors (Lipinski definition) is 30. The van der Waals surface area contributed by atoms with Crippen LogP contribution in [0.5, 0.6) is 0 Å². The van der Waals surface area contributed by atoms with Crippen molar-refractivity contribution in [3.8, 4) is 0 Å². The molecule has 10 unspecified atom stereocenters. The number of ether oxygens (including phenoxy) is 2. The number of unbranched alkanes of at least 4 members (excludes halogenated alkanes) is 14. The number of benzene rings is 2. The summed E-state index contributed by atoms with van der Waals surface area (Å²) >= 11 is 0. The number of aliphatic hydroxyl groups is 2. The van der Waals surface area contributed by atoms with Crippen molar-refractivity contribution >= 4 is 129 Å². The molecule has 0 spiro atoms. The fourth-order valence-electron chi connectivity index (χ4n) is 16.8. The molecule has 12 atom stereocenters.